The van der Waals surface area contributed by atoms with Crippen LogP contribution >= 0.6 is 0 Å². The highest BCUT2D eigenvalue weighted by Crippen LogP contribution is 2.11. The molecule has 1 aliphatic heterocycles. The van der Waals surface area contributed by atoms with Gasteiger partial charge in [-0.15, -0.1) is 0 Å². The first-order chi connectivity index (χ1) is 8.38. The molecule has 0 aromatic heterocycles. The molecular weight excluding hydrogens is 268 g/mol. The first kappa shape index (κ1) is 14.7. The van der Waals surface area contributed by atoms with Crippen molar-refractivity contribution in [3.05, 3.63) is 0 Å². The van der Waals surface area contributed by atoms with Gasteiger partial charge in [0.05, 0.1) is 19.8 Å². The van der Waals surface area contributed by atoms with Crippen LogP contribution in [0.3, 0.4) is 0 Å². The van der Waals surface area contributed by atoms with Crippen LogP contribution in [-0.2, 0) is 24.5 Å². The Bertz CT molecular complexity index is 421. The lowest BCUT2D eigenvalue weighted by Crippen LogP contribution is -2.56. The lowest BCUT2D eigenvalue weighted by atomic mass is 10.3. The minimum absolute atomic E-state index is 0.00677. The zero-order valence-electron chi connectivity index (χ0n) is 9.66. The Balaban J connectivity index is 2.81. The number of morpholine rings is 1. The highest BCUT2D eigenvalue weighted by atomic mass is 32.2. The number of hydrogen-bond acceptors (Lipinski definition) is 6. The van der Waals surface area contributed by atoms with E-state index in [9.17, 15) is 18.0 Å². The Labute approximate surface area is 104 Å². The second kappa shape index (κ2) is 5.98. The second-order valence-corrected chi connectivity index (χ2v) is 4.99. The summed E-state index contributed by atoms with van der Waals surface area (Å²) in [5.74, 6) is -1.34. The van der Waals surface area contributed by atoms with E-state index in [4.69, 9.17) is 9.84 Å². The molecule has 0 aromatic rings. The van der Waals surface area contributed by atoms with Crippen LogP contribution in [0.4, 0.5) is 4.79 Å². The van der Waals surface area contributed by atoms with E-state index in [-0.39, 0.29) is 26.4 Å². The van der Waals surface area contributed by atoms with Crippen LogP contribution in [0.5, 0.6) is 0 Å². The third-order valence-corrected chi connectivity index (χ3v) is 3.64. The van der Waals surface area contributed by atoms with Gasteiger partial charge in [0.25, 0.3) is 0 Å². The van der Waals surface area contributed by atoms with Gasteiger partial charge in [0.15, 0.2) is 0 Å². The average molecular weight is 282 g/mol. The molecule has 0 radical (unpaired) electrons. The van der Waals surface area contributed by atoms with Gasteiger partial charge in [-0.25, -0.2) is 9.52 Å². The number of carbonyl (C=O) groups excluding carboxylic acids is 1. The van der Waals surface area contributed by atoms with Gasteiger partial charge in [0.2, 0.25) is 0 Å². The number of carboxylic acids is 1. The molecule has 0 aromatic carbocycles. The maximum atomic E-state index is 11.8. The number of aliphatic carboxylic acids is 1. The van der Waals surface area contributed by atoms with Crippen molar-refractivity contribution in [3.8, 4) is 0 Å². The van der Waals surface area contributed by atoms with Gasteiger partial charge in [-0.05, 0) is 6.92 Å². The number of rotatable bonds is 4. The fourth-order valence-electron chi connectivity index (χ4n) is 1.40. The summed E-state index contributed by atoms with van der Waals surface area (Å²) in [6.45, 7) is 1.17. The summed E-state index contributed by atoms with van der Waals surface area (Å²) in [5.41, 5.74) is 0. The van der Waals surface area contributed by atoms with E-state index in [1.54, 1.807) is 4.72 Å². The van der Waals surface area contributed by atoms with Crippen LogP contribution in [0.2, 0.25) is 0 Å². The van der Waals surface area contributed by atoms with Crippen molar-refractivity contribution >= 4 is 22.3 Å². The fraction of sp³-hybridized carbons (Fsp3) is 0.750. The van der Waals surface area contributed by atoms with Crippen LogP contribution in [0, 0.1) is 0 Å². The monoisotopic (exact) mass is 282 g/mol. The summed E-state index contributed by atoms with van der Waals surface area (Å²) in [4.78, 5) is 22.0. The number of carbonyl (C=O) groups is 2. The molecular formula is C8H14N2O7S. The van der Waals surface area contributed by atoms with Crippen molar-refractivity contribution in [1.82, 2.24) is 9.03 Å². The SMILES string of the molecule is CCOC(=O)NS(=O)(=O)N1CCOCC1C(=O)O. The molecule has 1 rings (SSSR count). The fourth-order valence-corrected chi connectivity index (χ4v) is 2.58. The van der Waals surface area contributed by atoms with E-state index in [0.717, 1.165) is 0 Å². The maximum absolute atomic E-state index is 11.8. The van der Waals surface area contributed by atoms with E-state index in [2.05, 4.69) is 4.74 Å². The van der Waals surface area contributed by atoms with Crippen LogP contribution in [0.1, 0.15) is 6.92 Å². The number of ether oxygens (including phenoxy) is 2. The van der Waals surface area contributed by atoms with Crippen LogP contribution in [0.25, 0.3) is 0 Å². The van der Waals surface area contributed by atoms with Gasteiger partial charge in [0, 0.05) is 6.54 Å². The third kappa shape index (κ3) is 3.55. The molecule has 0 spiro atoms. The largest absolute Gasteiger partial charge is 0.480 e. The van der Waals surface area contributed by atoms with Gasteiger partial charge in [-0.3, -0.25) is 4.79 Å². The molecule has 1 atom stereocenters. The summed E-state index contributed by atoms with van der Waals surface area (Å²) in [6.07, 6.45) is -1.15. The molecule has 0 aliphatic carbocycles. The molecule has 104 valence electrons. The molecule has 9 nitrogen and oxygen atoms in total. The number of nitrogens with one attached hydrogen (secondary N) is 1. The van der Waals surface area contributed by atoms with Gasteiger partial charge >= 0.3 is 22.3 Å². The third-order valence-electron chi connectivity index (χ3n) is 2.16. The molecule has 18 heavy (non-hydrogen) atoms. The number of amides is 1. The quantitative estimate of drug-likeness (QED) is 0.661. The molecule has 1 heterocycles. The number of carboxylic acid groups (broad SMARTS) is 1. The van der Waals surface area contributed by atoms with Crippen molar-refractivity contribution < 1.29 is 32.6 Å². The van der Waals surface area contributed by atoms with Crippen LogP contribution < -0.4 is 4.72 Å². The molecule has 1 fully saturated rings. The zero-order valence-corrected chi connectivity index (χ0v) is 10.5. The molecule has 10 heteroatoms. The molecule has 1 amide bonds. The molecule has 2 N–H and O–H groups in total. The Kier molecular flexibility index (Phi) is 4.87. The van der Waals surface area contributed by atoms with E-state index in [0.29, 0.717) is 4.31 Å². The Morgan fingerprint density at radius 3 is 2.78 bits per heavy atom. The maximum Gasteiger partial charge on any atom is 0.421 e. The first-order valence-corrected chi connectivity index (χ1v) is 6.59. The summed E-state index contributed by atoms with van der Waals surface area (Å²) in [5, 5.41) is 8.88. The Morgan fingerprint density at radius 1 is 1.56 bits per heavy atom. The van der Waals surface area contributed by atoms with Crippen molar-refractivity contribution in [3.63, 3.8) is 0 Å². The van der Waals surface area contributed by atoms with Crippen molar-refractivity contribution in [2.24, 2.45) is 0 Å². The molecule has 1 aliphatic rings. The van der Waals surface area contributed by atoms with Crippen molar-refractivity contribution in [2.75, 3.05) is 26.4 Å². The van der Waals surface area contributed by atoms with Crippen LogP contribution in [-0.4, -0.2) is 62.3 Å². The molecule has 1 saturated heterocycles. The lowest BCUT2D eigenvalue weighted by molar-refractivity contribution is -0.146. The predicted octanol–water partition coefficient (Wildman–Crippen LogP) is -1.24. The van der Waals surface area contributed by atoms with Crippen molar-refractivity contribution in [1.29, 1.82) is 0 Å². The van der Waals surface area contributed by atoms with Gasteiger partial charge in [-0.2, -0.15) is 12.7 Å². The Morgan fingerprint density at radius 2 is 2.22 bits per heavy atom. The van der Waals surface area contributed by atoms with Gasteiger partial charge < -0.3 is 14.6 Å². The van der Waals surface area contributed by atoms with Crippen LogP contribution in [0.15, 0.2) is 0 Å². The highest BCUT2D eigenvalue weighted by Gasteiger charge is 2.38. The van der Waals surface area contributed by atoms with Crippen molar-refractivity contribution in [2.45, 2.75) is 13.0 Å². The molecule has 0 saturated carbocycles. The average Bonchev–Trinajstić information content (AvgIpc) is 2.28. The summed E-state index contributed by atoms with van der Waals surface area (Å²) >= 11 is 0. The minimum Gasteiger partial charge on any atom is -0.480 e. The summed E-state index contributed by atoms with van der Waals surface area (Å²) in [7, 11) is -4.25. The smallest absolute Gasteiger partial charge is 0.421 e. The number of nitrogens with zero attached hydrogens (tertiary/aromatic N) is 1. The van der Waals surface area contributed by atoms with E-state index in [1.807, 2.05) is 0 Å². The predicted molar refractivity (Wildman–Crippen MR) is 58.0 cm³/mol. The highest BCUT2D eigenvalue weighted by molar-refractivity contribution is 7.87. The van der Waals surface area contributed by atoms with E-state index < -0.39 is 28.3 Å². The van der Waals surface area contributed by atoms with Gasteiger partial charge in [0.1, 0.15) is 6.04 Å². The van der Waals surface area contributed by atoms with E-state index >= 15 is 0 Å². The molecule has 1 unspecified atom stereocenters. The molecule has 0 bridgehead atoms. The standard InChI is InChI=1S/C8H14N2O7S/c1-2-17-8(13)9-18(14,15)10-3-4-16-5-6(10)7(11)12/h6H,2-5H2,1H3,(H,9,13)(H,11,12). The lowest BCUT2D eigenvalue weighted by Gasteiger charge is -2.31. The second-order valence-electron chi connectivity index (χ2n) is 3.37. The van der Waals surface area contributed by atoms with Gasteiger partial charge in [-0.1, -0.05) is 0 Å². The summed E-state index contributed by atoms with van der Waals surface area (Å²) < 4.78 is 35.2. The normalized spacial score (nSPS) is 21.3. The zero-order chi connectivity index (χ0) is 13.8. The number of hydrogen-bond donors (Lipinski definition) is 2. The minimum atomic E-state index is -4.25. The van der Waals surface area contributed by atoms with E-state index in [1.165, 1.54) is 6.92 Å². The summed E-state index contributed by atoms with van der Waals surface area (Å²) in [6, 6.07) is -1.36. The first-order valence-electron chi connectivity index (χ1n) is 5.15. The Hall–Kier alpha value is -1.39. The topological polar surface area (TPSA) is 122 Å².